The average Bonchev–Trinajstić information content (AvgIpc) is 2.08. The van der Waals surface area contributed by atoms with Crippen molar-refractivity contribution in [3.8, 4) is 0 Å². The molecule has 1 aromatic rings. The molecule has 0 aromatic heterocycles. The lowest BCUT2D eigenvalue weighted by Gasteiger charge is -2.24. The summed E-state index contributed by atoms with van der Waals surface area (Å²) in [6, 6.07) is 5.61. The van der Waals surface area contributed by atoms with Crippen molar-refractivity contribution in [2.75, 3.05) is 0 Å². The first-order valence-corrected chi connectivity index (χ1v) is 5.90. The molecule has 0 atom stereocenters. The highest BCUT2D eigenvalue weighted by molar-refractivity contribution is 9.10. The monoisotopic (exact) mass is 305 g/mol. The minimum atomic E-state index is -0.770. The van der Waals surface area contributed by atoms with E-state index >= 15 is 0 Å². The summed E-state index contributed by atoms with van der Waals surface area (Å²) >= 11 is 9.28. The third-order valence-electron chi connectivity index (χ3n) is 1.99. The van der Waals surface area contributed by atoms with Gasteiger partial charge in [-0.3, -0.25) is 0 Å². The number of hydrogen-bond acceptors (Lipinski definition) is 2. The molecule has 0 spiro atoms. The molecule has 0 saturated carbocycles. The number of benzene rings is 1. The Bertz CT molecular complexity index is 407. The van der Waals surface area contributed by atoms with E-state index < -0.39 is 11.7 Å². The van der Waals surface area contributed by atoms with E-state index in [1.807, 2.05) is 18.2 Å². The van der Waals surface area contributed by atoms with Crippen molar-refractivity contribution in [1.82, 2.24) is 0 Å². The zero-order valence-electron chi connectivity index (χ0n) is 9.09. The molecule has 1 aromatic carbocycles. The largest absolute Gasteiger partial charge is 0.443 e. The summed E-state index contributed by atoms with van der Waals surface area (Å²) in [7, 11) is 0. The van der Waals surface area contributed by atoms with Gasteiger partial charge in [-0.05, 0) is 47.5 Å². The van der Waals surface area contributed by atoms with E-state index in [1.165, 1.54) is 0 Å². The molecule has 5 heteroatoms. The second kappa shape index (κ2) is 5.06. The Morgan fingerprint density at radius 3 is 2.69 bits per heavy atom. The van der Waals surface area contributed by atoms with Crippen molar-refractivity contribution >= 4 is 33.6 Å². The van der Waals surface area contributed by atoms with Crippen LogP contribution >= 0.6 is 27.5 Å². The molecule has 1 amide bonds. The number of hydrogen-bond donors (Lipinski definition) is 1. The van der Waals surface area contributed by atoms with Gasteiger partial charge in [-0.1, -0.05) is 17.7 Å². The van der Waals surface area contributed by atoms with Crippen LogP contribution in [0.1, 0.15) is 19.4 Å². The predicted octanol–water partition coefficient (Wildman–Crippen LogP) is 3.52. The van der Waals surface area contributed by atoms with Crippen molar-refractivity contribution in [1.29, 1.82) is 0 Å². The zero-order valence-corrected chi connectivity index (χ0v) is 11.4. The minimum Gasteiger partial charge on any atom is -0.443 e. The molecule has 0 aliphatic heterocycles. The molecule has 2 N–H and O–H groups in total. The van der Waals surface area contributed by atoms with Crippen LogP contribution in [-0.2, 0) is 11.2 Å². The van der Waals surface area contributed by atoms with Crippen LogP contribution in [0.2, 0.25) is 5.02 Å². The predicted molar refractivity (Wildman–Crippen MR) is 67.6 cm³/mol. The molecule has 0 saturated heterocycles. The maximum Gasteiger partial charge on any atom is 0.405 e. The van der Waals surface area contributed by atoms with Crippen LogP contribution < -0.4 is 5.73 Å². The highest BCUT2D eigenvalue weighted by Crippen LogP contribution is 2.25. The van der Waals surface area contributed by atoms with E-state index in [1.54, 1.807) is 13.8 Å². The quantitative estimate of drug-likeness (QED) is 0.929. The second-order valence-corrected chi connectivity index (χ2v) is 5.37. The number of halogens is 2. The van der Waals surface area contributed by atoms with Crippen LogP contribution in [-0.4, -0.2) is 11.7 Å². The van der Waals surface area contributed by atoms with E-state index in [0.717, 1.165) is 10.0 Å². The fraction of sp³-hybridized carbons (Fsp3) is 0.364. The van der Waals surface area contributed by atoms with E-state index in [4.69, 9.17) is 22.1 Å². The van der Waals surface area contributed by atoms with Crippen LogP contribution in [0.25, 0.3) is 0 Å². The van der Waals surface area contributed by atoms with Gasteiger partial charge in [0.05, 0.1) is 5.02 Å². The number of carbonyl (C=O) groups is 1. The molecule has 0 radical (unpaired) electrons. The van der Waals surface area contributed by atoms with Gasteiger partial charge >= 0.3 is 6.09 Å². The third kappa shape index (κ3) is 4.02. The molecule has 3 nitrogen and oxygen atoms in total. The fourth-order valence-corrected chi connectivity index (χ4v) is 1.90. The normalized spacial score (nSPS) is 11.2. The summed E-state index contributed by atoms with van der Waals surface area (Å²) in [5.41, 5.74) is 5.34. The lowest BCUT2D eigenvalue weighted by molar-refractivity contribution is 0.0460. The van der Waals surface area contributed by atoms with E-state index in [-0.39, 0.29) is 0 Å². The standard InChI is InChI=1S/C11H13BrClNO2/c1-11(2,16-10(14)15)6-7-3-4-8(12)9(13)5-7/h3-5H,6H2,1-2H3,(H2,14,15). The Hall–Kier alpha value is -0.740. The number of ether oxygens (including phenoxy) is 1. The molecular formula is C11H13BrClNO2. The van der Waals surface area contributed by atoms with Crippen molar-refractivity contribution < 1.29 is 9.53 Å². The molecule has 0 bridgehead atoms. The van der Waals surface area contributed by atoms with Crippen molar-refractivity contribution in [3.05, 3.63) is 33.3 Å². The van der Waals surface area contributed by atoms with Gasteiger partial charge in [-0.2, -0.15) is 0 Å². The van der Waals surface area contributed by atoms with Gasteiger partial charge in [-0.25, -0.2) is 4.79 Å². The van der Waals surface area contributed by atoms with E-state index in [0.29, 0.717) is 11.4 Å². The van der Waals surface area contributed by atoms with Crippen molar-refractivity contribution in [2.45, 2.75) is 25.9 Å². The molecule has 0 unspecified atom stereocenters. The molecular weight excluding hydrogens is 293 g/mol. The molecule has 0 heterocycles. The van der Waals surface area contributed by atoms with E-state index in [9.17, 15) is 4.79 Å². The van der Waals surface area contributed by atoms with Gasteiger partial charge in [-0.15, -0.1) is 0 Å². The first kappa shape index (κ1) is 13.3. The van der Waals surface area contributed by atoms with Crippen LogP contribution in [0.4, 0.5) is 4.79 Å². The number of primary amides is 1. The number of carbonyl (C=O) groups excluding carboxylic acids is 1. The van der Waals surface area contributed by atoms with Gasteiger partial charge in [0.1, 0.15) is 5.60 Å². The summed E-state index contributed by atoms with van der Waals surface area (Å²) in [6.07, 6.45) is -0.212. The topological polar surface area (TPSA) is 52.3 Å². The summed E-state index contributed by atoms with van der Waals surface area (Å²) < 4.78 is 5.84. The maximum atomic E-state index is 10.7. The second-order valence-electron chi connectivity index (χ2n) is 4.11. The molecule has 88 valence electrons. The van der Waals surface area contributed by atoms with Gasteiger partial charge < -0.3 is 10.5 Å². The van der Waals surface area contributed by atoms with Gasteiger partial charge in [0.2, 0.25) is 0 Å². The Morgan fingerprint density at radius 2 is 2.19 bits per heavy atom. The fourth-order valence-electron chi connectivity index (χ4n) is 1.45. The first-order valence-electron chi connectivity index (χ1n) is 4.72. The molecule has 1 rings (SSSR count). The van der Waals surface area contributed by atoms with Gasteiger partial charge in [0.25, 0.3) is 0 Å². The lowest BCUT2D eigenvalue weighted by Crippen LogP contribution is -2.33. The minimum absolute atomic E-state index is 0.558. The summed E-state index contributed by atoms with van der Waals surface area (Å²) in [4.78, 5) is 10.7. The zero-order chi connectivity index (χ0) is 12.3. The van der Waals surface area contributed by atoms with Crippen LogP contribution in [0.5, 0.6) is 0 Å². The highest BCUT2D eigenvalue weighted by Gasteiger charge is 2.22. The molecule has 0 aliphatic rings. The van der Waals surface area contributed by atoms with Crippen LogP contribution in [0, 0.1) is 0 Å². The Kier molecular flexibility index (Phi) is 4.21. The summed E-state index contributed by atoms with van der Waals surface area (Å²) in [5, 5.41) is 0.632. The Balaban J connectivity index is 2.79. The SMILES string of the molecule is CC(C)(Cc1ccc(Br)c(Cl)c1)OC(N)=O. The number of rotatable bonds is 3. The van der Waals surface area contributed by atoms with E-state index in [2.05, 4.69) is 15.9 Å². The highest BCUT2D eigenvalue weighted by atomic mass is 79.9. The van der Waals surface area contributed by atoms with Crippen molar-refractivity contribution in [3.63, 3.8) is 0 Å². The lowest BCUT2D eigenvalue weighted by atomic mass is 9.98. The van der Waals surface area contributed by atoms with Crippen molar-refractivity contribution in [2.24, 2.45) is 5.73 Å². The van der Waals surface area contributed by atoms with Gasteiger partial charge in [0, 0.05) is 10.9 Å². The first-order chi connectivity index (χ1) is 7.30. The molecule has 16 heavy (non-hydrogen) atoms. The Morgan fingerprint density at radius 1 is 1.56 bits per heavy atom. The van der Waals surface area contributed by atoms with Crippen LogP contribution in [0.15, 0.2) is 22.7 Å². The molecule has 0 fully saturated rings. The summed E-state index contributed by atoms with van der Waals surface area (Å²) in [6.45, 7) is 3.60. The third-order valence-corrected chi connectivity index (χ3v) is 3.22. The number of nitrogens with two attached hydrogens (primary N) is 1. The van der Waals surface area contributed by atoms with Gasteiger partial charge in [0.15, 0.2) is 0 Å². The maximum absolute atomic E-state index is 10.7. The number of amides is 1. The van der Waals surface area contributed by atoms with Crippen LogP contribution in [0.3, 0.4) is 0 Å². The smallest absolute Gasteiger partial charge is 0.405 e. The molecule has 0 aliphatic carbocycles. The Labute approximate surface area is 108 Å². The summed E-state index contributed by atoms with van der Waals surface area (Å²) in [5.74, 6) is 0. The average molecular weight is 307 g/mol.